The Labute approximate surface area is 193 Å². The third kappa shape index (κ3) is 6.00. The topological polar surface area (TPSA) is 58.4 Å². The number of carbonyl (C=O) groups is 1. The van der Waals surface area contributed by atoms with Crippen LogP contribution in [0.25, 0.3) is 11.5 Å². The van der Waals surface area contributed by atoms with Gasteiger partial charge in [-0.3, -0.25) is 9.69 Å². The van der Waals surface area contributed by atoms with Gasteiger partial charge in [0.25, 0.3) is 0 Å². The second kappa shape index (κ2) is 11.1. The Bertz CT molecular complexity index is 866. The molecule has 1 aliphatic heterocycles. The largest absolute Gasteiger partial charge is 0.441 e. The minimum absolute atomic E-state index is 0.0856. The van der Waals surface area contributed by atoms with Crippen LogP contribution >= 0.6 is 0 Å². The van der Waals surface area contributed by atoms with Gasteiger partial charge in [-0.15, -0.1) is 0 Å². The Morgan fingerprint density at radius 3 is 2.50 bits per heavy atom. The number of hydrogen-bond acceptors (Lipinski definition) is 4. The van der Waals surface area contributed by atoms with Gasteiger partial charge in [0.15, 0.2) is 0 Å². The smallest absolute Gasteiger partial charge is 0.226 e. The zero-order valence-corrected chi connectivity index (χ0v) is 19.9. The summed E-state index contributed by atoms with van der Waals surface area (Å²) in [6.07, 6.45) is 11.8. The number of nitrogens with one attached hydrogen (secondary N) is 1. The van der Waals surface area contributed by atoms with Gasteiger partial charge in [0.05, 0.1) is 11.6 Å². The van der Waals surface area contributed by atoms with E-state index >= 15 is 0 Å². The standard InChI is InChI=1S/C27H39N3O2/c1-3-21-13-15-22(16-14-21)27-29-25(20(2)32-27)19-30-17-9-10-23(18-30)26(31)28-24-11-7-5-4-6-8-12-24/h13-16,23-24H,3-12,17-19H2,1-2H3,(H,28,31). The van der Waals surface area contributed by atoms with Crippen LogP contribution in [0.4, 0.5) is 0 Å². The SMILES string of the molecule is CCc1ccc(-c2nc(CN3CCCC(C(=O)NC4CCCCCCC4)C3)c(C)o2)cc1. The number of aryl methyl sites for hydroxylation is 2. The zero-order valence-electron chi connectivity index (χ0n) is 19.9. The number of likely N-dealkylation sites (tertiary alicyclic amines) is 1. The number of oxazole rings is 1. The van der Waals surface area contributed by atoms with E-state index < -0.39 is 0 Å². The number of benzene rings is 1. The van der Waals surface area contributed by atoms with Crippen LogP contribution in [0, 0.1) is 12.8 Å². The normalized spacial score (nSPS) is 21.1. The summed E-state index contributed by atoms with van der Waals surface area (Å²) in [6, 6.07) is 8.82. The Morgan fingerprint density at radius 2 is 1.78 bits per heavy atom. The van der Waals surface area contributed by atoms with Crippen molar-refractivity contribution in [2.75, 3.05) is 13.1 Å². The van der Waals surface area contributed by atoms with Crippen molar-refractivity contribution in [2.45, 2.75) is 90.6 Å². The second-order valence-corrected chi connectivity index (χ2v) is 9.70. The van der Waals surface area contributed by atoms with Gasteiger partial charge in [-0.25, -0.2) is 4.98 Å². The molecule has 0 spiro atoms. The zero-order chi connectivity index (χ0) is 22.3. The Morgan fingerprint density at radius 1 is 1.06 bits per heavy atom. The first-order chi connectivity index (χ1) is 15.6. The molecule has 174 valence electrons. The summed E-state index contributed by atoms with van der Waals surface area (Å²) < 4.78 is 6.00. The molecule has 32 heavy (non-hydrogen) atoms. The highest BCUT2D eigenvalue weighted by Gasteiger charge is 2.28. The molecule has 2 aromatic rings. The lowest BCUT2D eigenvalue weighted by Gasteiger charge is -2.32. The molecule has 0 bridgehead atoms. The van der Waals surface area contributed by atoms with E-state index in [1.165, 1.54) is 37.7 Å². The van der Waals surface area contributed by atoms with E-state index in [4.69, 9.17) is 9.40 Å². The quantitative estimate of drug-likeness (QED) is 0.634. The minimum atomic E-state index is 0.0856. The molecule has 2 fully saturated rings. The maximum Gasteiger partial charge on any atom is 0.226 e. The number of aromatic nitrogens is 1. The van der Waals surface area contributed by atoms with Gasteiger partial charge in [-0.05, 0) is 63.3 Å². The second-order valence-electron chi connectivity index (χ2n) is 9.70. The van der Waals surface area contributed by atoms with Crippen molar-refractivity contribution in [2.24, 2.45) is 5.92 Å². The van der Waals surface area contributed by atoms with Crippen LogP contribution in [-0.2, 0) is 17.8 Å². The molecule has 1 N–H and O–H groups in total. The van der Waals surface area contributed by atoms with Gasteiger partial charge in [0.2, 0.25) is 11.8 Å². The molecule has 2 aliphatic rings. The predicted octanol–water partition coefficient (Wildman–Crippen LogP) is 5.65. The number of carbonyl (C=O) groups excluding carboxylic acids is 1. The molecule has 1 saturated heterocycles. The molecular formula is C27H39N3O2. The molecule has 4 rings (SSSR count). The van der Waals surface area contributed by atoms with Gasteiger partial charge in [0, 0.05) is 24.7 Å². The molecule has 5 heteroatoms. The number of hydrogen-bond donors (Lipinski definition) is 1. The van der Waals surface area contributed by atoms with E-state index in [0.717, 1.165) is 68.8 Å². The highest BCUT2D eigenvalue weighted by atomic mass is 16.4. The lowest BCUT2D eigenvalue weighted by Crippen LogP contribution is -2.45. The fourth-order valence-electron chi connectivity index (χ4n) is 5.13. The van der Waals surface area contributed by atoms with Gasteiger partial charge < -0.3 is 9.73 Å². The van der Waals surface area contributed by atoms with Crippen LogP contribution in [0.1, 0.15) is 81.7 Å². The summed E-state index contributed by atoms with van der Waals surface area (Å²) in [7, 11) is 0. The molecule has 1 atom stereocenters. The summed E-state index contributed by atoms with van der Waals surface area (Å²) in [4.78, 5) is 20.2. The molecule has 5 nitrogen and oxygen atoms in total. The average Bonchev–Trinajstić information content (AvgIpc) is 3.15. The van der Waals surface area contributed by atoms with Crippen molar-refractivity contribution >= 4 is 5.91 Å². The number of amides is 1. The predicted molar refractivity (Wildman–Crippen MR) is 128 cm³/mol. The van der Waals surface area contributed by atoms with Gasteiger partial charge >= 0.3 is 0 Å². The molecule has 2 heterocycles. The van der Waals surface area contributed by atoms with Crippen LogP contribution in [0.15, 0.2) is 28.7 Å². The summed E-state index contributed by atoms with van der Waals surface area (Å²) in [5.74, 6) is 1.91. The molecule has 1 amide bonds. The first-order valence-corrected chi connectivity index (χ1v) is 12.7. The fourth-order valence-corrected chi connectivity index (χ4v) is 5.13. The third-order valence-corrected chi connectivity index (χ3v) is 7.20. The van der Waals surface area contributed by atoms with Crippen molar-refractivity contribution < 1.29 is 9.21 Å². The van der Waals surface area contributed by atoms with Crippen molar-refractivity contribution in [3.05, 3.63) is 41.3 Å². The van der Waals surface area contributed by atoms with E-state index in [-0.39, 0.29) is 11.8 Å². The van der Waals surface area contributed by atoms with E-state index in [1.807, 2.05) is 6.92 Å². The highest BCUT2D eigenvalue weighted by molar-refractivity contribution is 5.79. The first-order valence-electron chi connectivity index (χ1n) is 12.7. The maximum atomic E-state index is 13.0. The van der Waals surface area contributed by atoms with E-state index in [1.54, 1.807) is 0 Å². The number of piperidine rings is 1. The monoisotopic (exact) mass is 437 g/mol. The highest BCUT2D eigenvalue weighted by Crippen LogP contribution is 2.25. The summed E-state index contributed by atoms with van der Waals surface area (Å²) in [5, 5.41) is 3.39. The van der Waals surface area contributed by atoms with E-state index in [2.05, 4.69) is 41.4 Å². The Hall–Kier alpha value is -2.14. The summed E-state index contributed by atoms with van der Waals surface area (Å²) in [5.41, 5.74) is 3.32. The number of nitrogens with zero attached hydrogens (tertiary/aromatic N) is 2. The fraction of sp³-hybridized carbons (Fsp3) is 0.630. The molecule has 0 radical (unpaired) electrons. The lowest BCUT2D eigenvalue weighted by atomic mass is 9.94. The van der Waals surface area contributed by atoms with Crippen LogP contribution in [0.3, 0.4) is 0 Å². The Balaban J connectivity index is 1.34. The van der Waals surface area contributed by atoms with Crippen molar-refractivity contribution in [1.29, 1.82) is 0 Å². The molecule has 1 saturated carbocycles. The van der Waals surface area contributed by atoms with Crippen LogP contribution in [0.5, 0.6) is 0 Å². The summed E-state index contributed by atoms with van der Waals surface area (Å²) >= 11 is 0. The molecule has 1 aromatic carbocycles. The van der Waals surface area contributed by atoms with Crippen LogP contribution in [-0.4, -0.2) is 34.9 Å². The molecule has 1 aliphatic carbocycles. The van der Waals surface area contributed by atoms with Gasteiger partial charge in [-0.2, -0.15) is 0 Å². The van der Waals surface area contributed by atoms with Crippen LogP contribution in [0.2, 0.25) is 0 Å². The lowest BCUT2D eigenvalue weighted by molar-refractivity contribution is -0.127. The van der Waals surface area contributed by atoms with Gasteiger partial charge in [-0.1, -0.05) is 51.2 Å². The first kappa shape index (κ1) is 23.0. The van der Waals surface area contributed by atoms with Crippen molar-refractivity contribution in [1.82, 2.24) is 15.2 Å². The van der Waals surface area contributed by atoms with Gasteiger partial charge in [0.1, 0.15) is 5.76 Å². The number of rotatable bonds is 6. The maximum absolute atomic E-state index is 13.0. The molecule has 1 aromatic heterocycles. The molecule has 1 unspecified atom stereocenters. The average molecular weight is 438 g/mol. The van der Waals surface area contributed by atoms with Crippen LogP contribution < -0.4 is 5.32 Å². The van der Waals surface area contributed by atoms with Crippen molar-refractivity contribution in [3.8, 4) is 11.5 Å². The van der Waals surface area contributed by atoms with Crippen molar-refractivity contribution in [3.63, 3.8) is 0 Å². The summed E-state index contributed by atoms with van der Waals surface area (Å²) in [6.45, 7) is 6.72. The van der Waals surface area contributed by atoms with E-state index in [9.17, 15) is 4.79 Å². The van der Waals surface area contributed by atoms with E-state index in [0.29, 0.717) is 11.9 Å². The molecular weight excluding hydrogens is 398 g/mol. The third-order valence-electron chi connectivity index (χ3n) is 7.20. The Kier molecular flexibility index (Phi) is 8.01. The minimum Gasteiger partial charge on any atom is -0.441 e.